The molecule has 44 heavy (non-hydrogen) atoms. The number of ether oxygens (including phenoxy) is 3. The highest BCUT2D eigenvalue weighted by atomic mass is 19.3. The van der Waals surface area contributed by atoms with Gasteiger partial charge in [0, 0.05) is 23.8 Å². The Labute approximate surface area is 257 Å². The number of halogens is 2. The standard InChI is InChI=1S/C33H43F2N3O6/c1-7-42-22-12-11-20-14-23-29(36-24(20)16-22)43-26-17-38(27(18(26)2)19(3)39)30(40)28(32(4,5)6)37-31(41)44-25-15-21(25)10-8-9-13-33(23,34)35/h11-12,14,16,18,21,25-28H,7-10,13,15,17H2,1-6H3,(H,37,41)/t18-,21-,25-,26+,27+,28-/m1/s1. The van der Waals surface area contributed by atoms with Gasteiger partial charge in [-0.3, -0.25) is 9.59 Å². The number of hydrogen-bond donors (Lipinski definition) is 1. The van der Waals surface area contributed by atoms with Crippen LogP contribution in [-0.4, -0.2) is 65.1 Å². The number of aromatic nitrogens is 1. The van der Waals surface area contributed by atoms with E-state index in [-0.39, 0.29) is 42.2 Å². The number of nitrogens with one attached hydrogen (secondary N) is 1. The predicted molar refractivity (Wildman–Crippen MR) is 160 cm³/mol. The highest BCUT2D eigenvalue weighted by molar-refractivity contribution is 5.92. The van der Waals surface area contributed by atoms with Gasteiger partial charge in [-0.2, -0.15) is 0 Å². The van der Waals surface area contributed by atoms with E-state index in [0.717, 1.165) is 0 Å². The number of ketones is 1. The number of pyridine rings is 1. The van der Waals surface area contributed by atoms with Gasteiger partial charge in [-0.15, -0.1) is 0 Å². The number of carbonyl (C=O) groups excluding carboxylic acids is 3. The number of fused-ring (bicyclic) bond motifs is 5. The molecule has 240 valence electrons. The van der Waals surface area contributed by atoms with E-state index < -0.39 is 53.9 Å². The Morgan fingerprint density at radius 3 is 2.59 bits per heavy atom. The van der Waals surface area contributed by atoms with Crippen LogP contribution in [-0.2, 0) is 20.2 Å². The van der Waals surface area contributed by atoms with Crippen LogP contribution < -0.4 is 14.8 Å². The Morgan fingerprint density at radius 1 is 1.16 bits per heavy atom. The van der Waals surface area contributed by atoms with Crippen LogP contribution in [0.4, 0.5) is 13.6 Å². The third-order valence-electron chi connectivity index (χ3n) is 9.03. The summed E-state index contributed by atoms with van der Waals surface area (Å²) < 4.78 is 49.4. The van der Waals surface area contributed by atoms with Crippen LogP contribution >= 0.6 is 0 Å². The lowest BCUT2D eigenvalue weighted by Crippen LogP contribution is -2.57. The van der Waals surface area contributed by atoms with E-state index in [2.05, 4.69) is 10.3 Å². The van der Waals surface area contributed by atoms with Crippen LogP contribution in [0.5, 0.6) is 11.6 Å². The highest BCUT2D eigenvalue weighted by Gasteiger charge is 2.50. The van der Waals surface area contributed by atoms with Crippen LogP contribution in [0.25, 0.3) is 10.9 Å². The molecule has 1 saturated carbocycles. The van der Waals surface area contributed by atoms with E-state index in [9.17, 15) is 14.4 Å². The fraction of sp³-hybridized carbons (Fsp3) is 0.636. The van der Waals surface area contributed by atoms with Gasteiger partial charge in [0.25, 0.3) is 5.92 Å². The summed E-state index contributed by atoms with van der Waals surface area (Å²) in [6.45, 7) is 10.9. The number of amides is 2. The molecule has 2 bridgehead atoms. The second kappa shape index (κ2) is 12.1. The van der Waals surface area contributed by atoms with Crippen molar-refractivity contribution in [2.24, 2.45) is 17.3 Å². The van der Waals surface area contributed by atoms with Crippen molar-refractivity contribution < 1.29 is 37.4 Å². The minimum atomic E-state index is -3.24. The average molecular weight is 616 g/mol. The van der Waals surface area contributed by atoms with Crippen molar-refractivity contribution in [1.82, 2.24) is 15.2 Å². The lowest BCUT2D eigenvalue weighted by atomic mass is 9.85. The van der Waals surface area contributed by atoms with Gasteiger partial charge in [-0.1, -0.05) is 34.1 Å². The average Bonchev–Trinajstić information content (AvgIpc) is 3.59. The van der Waals surface area contributed by atoms with E-state index in [0.29, 0.717) is 42.5 Å². The molecule has 5 rings (SSSR count). The molecule has 3 heterocycles. The molecule has 2 amide bonds. The number of carbonyl (C=O) groups is 3. The molecule has 1 N–H and O–H groups in total. The molecule has 1 aromatic heterocycles. The van der Waals surface area contributed by atoms with Crippen molar-refractivity contribution >= 4 is 28.7 Å². The molecule has 2 aromatic rings. The molecule has 2 aliphatic heterocycles. The number of rotatable bonds is 3. The van der Waals surface area contributed by atoms with Gasteiger partial charge in [-0.25, -0.2) is 18.6 Å². The topological polar surface area (TPSA) is 107 Å². The largest absolute Gasteiger partial charge is 0.494 e. The van der Waals surface area contributed by atoms with E-state index in [1.54, 1.807) is 25.1 Å². The van der Waals surface area contributed by atoms with E-state index >= 15 is 8.78 Å². The lowest BCUT2D eigenvalue weighted by molar-refractivity contribution is -0.141. The van der Waals surface area contributed by atoms with Gasteiger partial charge in [-0.05, 0) is 62.6 Å². The number of hydrogen-bond acceptors (Lipinski definition) is 7. The number of benzene rings is 1. The molecule has 1 aliphatic carbocycles. The van der Waals surface area contributed by atoms with Crippen molar-refractivity contribution in [3.8, 4) is 11.6 Å². The SMILES string of the molecule is CCOc1ccc2cc3c(nc2c1)O[C@H]1CN(C(=O)[C@H](C(C)(C)C)NC(=O)O[C@@H]2C[C@H]2CCCCC3(F)F)[C@H](C(C)=O)[C@@H]1C. The molecule has 1 aromatic carbocycles. The Morgan fingerprint density at radius 2 is 1.91 bits per heavy atom. The molecular formula is C33H43F2N3O6. The van der Waals surface area contributed by atoms with Gasteiger partial charge >= 0.3 is 6.09 Å². The van der Waals surface area contributed by atoms with Crippen LogP contribution in [0.2, 0.25) is 0 Å². The van der Waals surface area contributed by atoms with Gasteiger partial charge in [0.2, 0.25) is 11.8 Å². The van der Waals surface area contributed by atoms with Crippen LogP contribution in [0.15, 0.2) is 24.3 Å². The Hall–Kier alpha value is -3.50. The normalized spacial score (nSPS) is 29.3. The van der Waals surface area contributed by atoms with Crippen LogP contribution in [0, 0.1) is 17.3 Å². The zero-order chi connectivity index (χ0) is 32.0. The highest BCUT2D eigenvalue weighted by Crippen LogP contribution is 2.44. The number of nitrogens with zero attached hydrogens (tertiary/aromatic N) is 2. The molecule has 0 radical (unpaired) electrons. The van der Waals surface area contributed by atoms with Gasteiger partial charge in [0.1, 0.15) is 24.0 Å². The molecule has 2 fully saturated rings. The molecule has 3 aliphatic rings. The Balaban J connectivity index is 1.57. The maximum Gasteiger partial charge on any atom is 0.408 e. The summed E-state index contributed by atoms with van der Waals surface area (Å²) in [4.78, 5) is 45.8. The summed E-state index contributed by atoms with van der Waals surface area (Å²) in [6.07, 6.45) is -0.0822. The number of alkyl halides is 2. The summed E-state index contributed by atoms with van der Waals surface area (Å²) >= 11 is 0. The number of Topliss-reactive ketones (excluding diaryl/α,β-unsaturated/α-hetero) is 1. The van der Waals surface area contributed by atoms with Crippen molar-refractivity contribution in [3.05, 3.63) is 29.8 Å². The molecule has 9 nitrogen and oxygen atoms in total. The third kappa shape index (κ3) is 6.61. The predicted octanol–water partition coefficient (Wildman–Crippen LogP) is 6.01. The zero-order valence-corrected chi connectivity index (χ0v) is 26.3. The van der Waals surface area contributed by atoms with Crippen LogP contribution in [0.1, 0.15) is 79.2 Å². The molecule has 1 saturated heterocycles. The lowest BCUT2D eigenvalue weighted by Gasteiger charge is -2.35. The first-order valence-corrected chi connectivity index (χ1v) is 15.6. The van der Waals surface area contributed by atoms with E-state index in [1.807, 2.05) is 27.7 Å². The fourth-order valence-electron chi connectivity index (χ4n) is 6.46. The van der Waals surface area contributed by atoms with E-state index in [1.165, 1.54) is 17.9 Å². The Kier molecular flexibility index (Phi) is 8.79. The fourth-order valence-corrected chi connectivity index (χ4v) is 6.46. The van der Waals surface area contributed by atoms with Gasteiger partial charge in [0.05, 0.1) is 30.3 Å². The van der Waals surface area contributed by atoms with Crippen molar-refractivity contribution in [2.75, 3.05) is 13.2 Å². The summed E-state index contributed by atoms with van der Waals surface area (Å²) in [6, 6.07) is 4.66. The monoisotopic (exact) mass is 615 g/mol. The minimum Gasteiger partial charge on any atom is -0.494 e. The second-order valence-electron chi connectivity index (χ2n) is 13.5. The van der Waals surface area contributed by atoms with Gasteiger partial charge in [0.15, 0.2) is 5.78 Å². The Bertz CT molecular complexity index is 1430. The van der Waals surface area contributed by atoms with Crippen molar-refractivity contribution in [1.29, 1.82) is 0 Å². The maximum absolute atomic E-state index is 16.0. The number of alkyl carbamates (subject to hydrolysis) is 1. The first-order valence-electron chi connectivity index (χ1n) is 15.6. The summed E-state index contributed by atoms with van der Waals surface area (Å²) in [7, 11) is 0. The quantitative estimate of drug-likeness (QED) is 0.451. The molecule has 0 spiro atoms. The molecule has 0 unspecified atom stereocenters. The first kappa shape index (κ1) is 31.9. The second-order valence-corrected chi connectivity index (χ2v) is 13.5. The summed E-state index contributed by atoms with van der Waals surface area (Å²) in [5.74, 6) is -4.07. The molecule has 6 atom stereocenters. The van der Waals surface area contributed by atoms with Crippen LogP contribution in [0.3, 0.4) is 0 Å². The summed E-state index contributed by atoms with van der Waals surface area (Å²) in [5.41, 5.74) is -0.597. The molecular weight excluding hydrogens is 572 g/mol. The maximum atomic E-state index is 16.0. The first-order chi connectivity index (χ1) is 20.7. The van der Waals surface area contributed by atoms with Crippen molar-refractivity contribution in [2.45, 2.75) is 104 Å². The third-order valence-corrected chi connectivity index (χ3v) is 9.03. The zero-order valence-electron chi connectivity index (χ0n) is 26.3. The van der Waals surface area contributed by atoms with Gasteiger partial charge < -0.3 is 24.4 Å². The van der Waals surface area contributed by atoms with E-state index in [4.69, 9.17) is 14.2 Å². The minimum absolute atomic E-state index is 0.0397. The molecule has 11 heteroatoms. The summed E-state index contributed by atoms with van der Waals surface area (Å²) in [5, 5.41) is 3.28. The smallest absolute Gasteiger partial charge is 0.408 e. The van der Waals surface area contributed by atoms with Crippen molar-refractivity contribution in [3.63, 3.8) is 0 Å².